The van der Waals surface area contributed by atoms with Crippen molar-refractivity contribution in [2.75, 3.05) is 0 Å². The van der Waals surface area contributed by atoms with Crippen LogP contribution < -0.4 is 0 Å². The predicted octanol–water partition coefficient (Wildman–Crippen LogP) is 4.22. The average molecular weight is 269 g/mol. The molecule has 17 heavy (non-hydrogen) atoms. The average Bonchev–Trinajstić information content (AvgIpc) is 2.77. The molecule has 0 fully saturated rings. The van der Waals surface area contributed by atoms with Crippen LogP contribution in [0.15, 0.2) is 30.6 Å². The number of alkyl halides is 1. The van der Waals surface area contributed by atoms with Crippen LogP contribution in [0.25, 0.3) is 5.69 Å². The molecule has 1 aromatic heterocycles. The van der Waals surface area contributed by atoms with Crippen molar-refractivity contribution >= 4 is 23.2 Å². The van der Waals surface area contributed by atoms with Crippen LogP contribution in [-0.2, 0) is 12.3 Å². The monoisotopic (exact) mass is 268 g/mol. The summed E-state index contributed by atoms with van der Waals surface area (Å²) in [5, 5.41) is 0.702. The minimum absolute atomic E-state index is 0.402. The van der Waals surface area contributed by atoms with Crippen LogP contribution in [0.1, 0.15) is 24.7 Å². The number of benzene rings is 1. The van der Waals surface area contributed by atoms with Gasteiger partial charge in [0.2, 0.25) is 0 Å². The lowest BCUT2D eigenvalue weighted by Crippen LogP contribution is -2.03. The van der Waals surface area contributed by atoms with Crippen LogP contribution in [0.5, 0.6) is 0 Å². The zero-order valence-electron chi connectivity index (χ0n) is 9.66. The van der Waals surface area contributed by atoms with E-state index in [2.05, 4.69) is 16.5 Å². The Morgan fingerprint density at radius 3 is 2.88 bits per heavy atom. The molecular weight excluding hydrogens is 255 g/mol. The van der Waals surface area contributed by atoms with E-state index in [9.17, 15) is 0 Å². The van der Waals surface area contributed by atoms with Crippen molar-refractivity contribution in [1.82, 2.24) is 9.55 Å². The summed E-state index contributed by atoms with van der Waals surface area (Å²) in [7, 11) is 0. The summed E-state index contributed by atoms with van der Waals surface area (Å²) in [5.41, 5.74) is 1.97. The van der Waals surface area contributed by atoms with Crippen LogP contribution in [0.4, 0.5) is 0 Å². The van der Waals surface area contributed by atoms with Gasteiger partial charge in [-0.15, -0.1) is 11.6 Å². The third-order valence-electron chi connectivity index (χ3n) is 2.68. The van der Waals surface area contributed by atoms with Gasteiger partial charge in [0, 0.05) is 29.4 Å². The van der Waals surface area contributed by atoms with Gasteiger partial charge in [-0.25, -0.2) is 4.98 Å². The third-order valence-corrected chi connectivity index (χ3v) is 3.30. The number of aromatic nitrogens is 2. The quantitative estimate of drug-likeness (QED) is 0.760. The van der Waals surface area contributed by atoms with Crippen molar-refractivity contribution in [2.45, 2.75) is 25.6 Å². The molecule has 0 atom stereocenters. The Bertz CT molecular complexity index is 506. The van der Waals surface area contributed by atoms with Crippen molar-refractivity contribution in [2.24, 2.45) is 0 Å². The first kappa shape index (κ1) is 12.5. The van der Waals surface area contributed by atoms with E-state index in [1.807, 2.05) is 30.6 Å². The number of aryl methyl sites for hydroxylation is 1. The Hall–Kier alpha value is -0.990. The van der Waals surface area contributed by atoms with E-state index >= 15 is 0 Å². The zero-order valence-corrected chi connectivity index (χ0v) is 11.2. The number of hydrogen-bond acceptors (Lipinski definition) is 1. The van der Waals surface area contributed by atoms with Gasteiger partial charge in [-0.2, -0.15) is 0 Å². The fraction of sp³-hybridized carbons (Fsp3) is 0.308. The standard InChI is InChI=1S/C13H14Cl2N2/c1-2-4-13-16-7-8-17(13)12-6-3-5-11(15)10(12)9-14/h3,5-8H,2,4,9H2,1H3. The molecule has 1 aromatic carbocycles. The molecule has 0 amide bonds. The van der Waals surface area contributed by atoms with E-state index in [1.54, 1.807) is 0 Å². The van der Waals surface area contributed by atoms with Crippen molar-refractivity contribution < 1.29 is 0 Å². The van der Waals surface area contributed by atoms with Gasteiger partial charge in [-0.05, 0) is 18.6 Å². The lowest BCUT2D eigenvalue weighted by molar-refractivity contribution is 0.806. The molecule has 90 valence electrons. The molecular formula is C13H14Cl2N2. The van der Waals surface area contributed by atoms with Crippen molar-refractivity contribution in [1.29, 1.82) is 0 Å². The molecule has 0 saturated carbocycles. The molecule has 2 aromatic rings. The number of rotatable bonds is 4. The van der Waals surface area contributed by atoms with Gasteiger partial charge in [-0.3, -0.25) is 0 Å². The van der Waals surface area contributed by atoms with E-state index in [0.29, 0.717) is 10.9 Å². The zero-order chi connectivity index (χ0) is 12.3. The SMILES string of the molecule is CCCc1nccn1-c1cccc(Cl)c1CCl. The maximum absolute atomic E-state index is 6.16. The first-order valence-corrected chi connectivity index (χ1v) is 6.55. The largest absolute Gasteiger partial charge is 0.303 e. The van der Waals surface area contributed by atoms with E-state index in [-0.39, 0.29) is 0 Å². The maximum Gasteiger partial charge on any atom is 0.113 e. The Kier molecular flexibility index (Phi) is 4.08. The van der Waals surface area contributed by atoms with Crippen LogP contribution in [-0.4, -0.2) is 9.55 Å². The number of nitrogens with zero attached hydrogens (tertiary/aromatic N) is 2. The van der Waals surface area contributed by atoms with Gasteiger partial charge < -0.3 is 4.57 Å². The molecule has 0 radical (unpaired) electrons. The summed E-state index contributed by atoms with van der Waals surface area (Å²) >= 11 is 12.1. The fourth-order valence-electron chi connectivity index (χ4n) is 1.87. The molecule has 0 N–H and O–H groups in total. The molecule has 0 spiro atoms. The summed E-state index contributed by atoms with van der Waals surface area (Å²) < 4.78 is 2.06. The molecule has 0 saturated heterocycles. The molecule has 2 rings (SSSR count). The molecule has 0 unspecified atom stereocenters. The molecule has 0 aliphatic heterocycles. The first-order valence-electron chi connectivity index (χ1n) is 5.64. The van der Waals surface area contributed by atoms with Gasteiger partial charge in [0.05, 0.1) is 11.6 Å². The number of halogens is 2. The normalized spacial score (nSPS) is 10.8. The van der Waals surface area contributed by atoms with Crippen LogP contribution in [0.3, 0.4) is 0 Å². The summed E-state index contributed by atoms with van der Waals surface area (Å²) in [6, 6.07) is 5.81. The number of imidazole rings is 1. The van der Waals surface area contributed by atoms with Crippen molar-refractivity contribution in [3.8, 4) is 5.69 Å². The van der Waals surface area contributed by atoms with Gasteiger partial charge in [0.25, 0.3) is 0 Å². The van der Waals surface area contributed by atoms with Gasteiger partial charge in [-0.1, -0.05) is 24.6 Å². The number of hydrogen-bond donors (Lipinski definition) is 0. The van der Waals surface area contributed by atoms with E-state index in [1.165, 1.54) is 0 Å². The Labute approximate surface area is 111 Å². The van der Waals surface area contributed by atoms with Crippen LogP contribution >= 0.6 is 23.2 Å². The van der Waals surface area contributed by atoms with E-state index < -0.39 is 0 Å². The highest BCUT2D eigenvalue weighted by Crippen LogP contribution is 2.26. The van der Waals surface area contributed by atoms with Crippen LogP contribution in [0, 0.1) is 0 Å². The molecule has 4 heteroatoms. The van der Waals surface area contributed by atoms with Crippen molar-refractivity contribution in [3.63, 3.8) is 0 Å². The lowest BCUT2D eigenvalue weighted by Gasteiger charge is -2.12. The van der Waals surface area contributed by atoms with Gasteiger partial charge in [0.15, 0.2) is 0 Å². The first-order chi connectivity index (χ1) is 8.27. The van der Waals surface area contributed by atoms with Gasteiger partial charge in [0.1, 0.15) is 5.82 Å². The topological polar surface area (TPSA) is 17.8 Å². The highest BCUT2D eigenvalue weighted by atomic mass is 35.5. The fourth-order valence-corrected chi connectivity index (χ4v) is 2.45. The minimum atomic E-state index is 0.402. The van der Waals surface area contributed by atoms with E-state index in [0.717, 1.165) is 29.9 Å². The molecule has 1 heterocycles. The molecule has 2 nitrogen and oxygen atoms in total. The maximum atomic E-state index is 6.16. The summed E-state index contributed by atoms with van der Waals surface area (Å²) in [6.07, 6.45) is 5.77. The summed E-state index contributed by atoms with van der Waals surface area (Å²) in [6.45, 7) is 2.14. The second-order valence-corrected chi connectivity index (χ2v) is 4.51. The van der Waals surface area contributed by atoms with Crippen molar-refractivity contribution in [3.05, 3.63) is 47.0 Å². The second-order valence-electron chi connectivity index (χ2n) is 3.83. The molecule has 0 bridgehead atoms. The summed E-state index contributed by atoms with van der Waals surface area (Å²) in [5.74, 6) is 1.44. The lowest BCUT2D eigenvalue weighted by atomic mass is 10.2. The highest BCUT2D eigenvalue weighted by Gasteiger charge is 2.10. The Morgan fingerprint density at radius 1 is 1.35 bits per heavy atom. The smallest absolute Gasteiger partial charge is 0.113 e. The summed E-state index contributed by atoms with van der Waals surface area (Å²) in [4.78, 5) is 4.36. The third kappa shape index (κ3) is 2.48. The molecule has 0 aliphatic carbocycles. The minimum Gasteiger partial charge on any atom is -0.303 e. The predicted molar refractivity (Wildman–Crippen MR) is 72.1 cm³/mol. The van der Waals surface area contributed by atoms with Gasteiger partial charge >= 0.3 is 0 Å². The Morgan fingerprint density at radius 2 is 2.18 bits per heavy atom. The highest BCUT2D eigenvalue weighted by molar-refractivity contribution is 6.32. The molecule has 0 aliphatic rings. The second kappa shape index (κ2) is 5.56. The van der Waals surface area contributed by atoms with E-state index in [4.69, 9.17) is 23.2 Å². The van der Waals surface area contributed by atoms with Crippen LogP contribution in [0.2, 0.25) is 5.02 Å². The Balaban J connectivity index is 2.52.